The van der Waals surface area contributed by atoms with E-state index in [2.05, 4.69) is 166 Å². The molecule has 8 aromatic carbocycles. The second-order valence-electron chi connectivity index (χ2n) is 15.9. The molecule has 0 spiro atoms. The van der Waals surface area contributed by atoms with E-state index in [4.69, 9.17) is 21.1 Å². The van der Waals surface area contributed by atoms with E-state index in [-0.39, 0.29) is 10.8 Å². The van der Waals surface area contributed by atoms with E-state index >= 15 is 0 Å². The van der Waals surface area contributed by atoms with Crippen molar-refractivity contribution in [2.24, 2.45) is 0 Å². The molecule has 272 valence electrons. The summed E-state index contributed by atoms with van der Waals surface area (Å²) in [5, 5.41) is 6.81. The first-order chi connectivity index (χ1) is 27.2. The Morgan fingerprint density at radius 1 is 0.482 bits per heavy atom. The minimum atomic E-state index is -0.246. The van der Waals surface area contributed by atoms with E-state index in [1.165, 1.54) is 33.0 Å². The van der Waals surface area contributed by atoms with Gasteiger partial charge in [0.05, 0.1) is 0 Å². The number of rotatable bonds is 6. The van der Waals surface area contributed by atoms with Gasteiger partial charge in [-0.15, -0.1) is 0 Å². The van der Waals surface area contributed by atoms with E-state index in [9.17, 15) is 0 Å². The average molecular weight is 746 g/mol. The van der Waals surface area contributed by atoms with Gasteiger partial charge >= 0.3 is 0 Å². The number of hydrogen-bond acceptors (Lipinski definition) is 3. The first-order valence-electron chi connectivity index (χ1n) is 19.2. The van der Waals surface area contributed by atoms with Crippen molar-refractivity contribution in [3.63, 3.8) is 0 Å². The molecule has 1 aliphatic carbocycles. The number of fused-ring (bicyclic) bond motifs is 6. The zero-order valence-corrected chi connectivity index (χ0v) is 32.5. The molecule has 2 aliphatic rings. The highest BCUT2D eigenvalue weighted by molar-refractivity contribution is 6.33. The Hall–Kier alpha value is -6.29. The fourth-order valence-corrected chi connectivity index (χ4v) is 9.13. The molecule has 0 aromatic heterocycles. The number of hydrogen-bond donors (Lipinski definition) is 1. The van der Waals surface area contributed by atoms with Gasteiger partial charge in [0.1, 0.15) is 23.0 Å². The van der Waals surface area contributed by atoms with E-state index < -0.39 is 0 Å². The van der Waals surface area contributed by atoms with Crippen LogP contribution >= 0.6 is 11.6 Å². The molecule has 1 heterocycles. The van der Waals surface area contributed by atoms with Crippen LogP contribution in [-0.2, 0) is 10.8 Å². The molecule has 1 aliphatic heterocycles. The van der Waals surface area contributed by atoms with Crippen LogP contribution in [0.2, 0.25) is 5.02 Å². The van der Waals surface area contributed by atoms with Crippen molar-refractivity contribution < 1.29 is 9.47 Å². The van der Waals surface area contributed by atoms with Crippen molar-refractivity contribution in [1.82, 2.24) is 0 Å². The normalized spacial score (nSPS) is 14.2. The van der Waals surface area contributed by atoms with Crippen LogP contribution in [0.3, 0.4) is 0 Å². The summed E-state index contributed by atoms with van der Waals surface area (Å²) in [6.45, 7) is 9.11. The van der Waals surface area contributed by atoms with Gasteiger partial charge in [0.25, 0.3) is 0 Å². The van der Waals surface area contributed by atoms with Crippen molar-refractivity contribution in [2.75, 3.05) is 5.32 Å². The summed E-state index contributed by atoms with van der Waals surface area (Å²) >= 11 is 7.05. The zero-order chi connectivity index (χ0) is 38.2. The summed E-state index contributed by atoms with van der Waals surface area (Å²) in [7, 11) is 0. The van der Waals surface area contributed by atoms with Gasteiger partial charge in [-0.3, -0.25) is 0 Å². The van der Waals surface area contributed by atoms with Gasteiger partial charge in [-0.05, 0) is 75.0 Å². The first kappa shape index (κ1) is 34.2. The molecule has 0 atom stereocenters. The van der Waals surface area contributed by atoms with E-state index in [0.717, 1.165) is 67.8 Å². The predicted molar refractivity (Wildman–Crippen MR) is 232 cm³/mol. The molecule has 0 saturated carbocycles. The van der Waals surface area contributed by atoms with Crippen LogP contribution in [0.25, 0.3) is 44.2 Å². The van der Waals surface area contributed by atoms with Crippen LogP contribution in [-0.4, -0.2) is 0 Å². The largest absolute Gasteiger partial charge is 0.457 e. The van der Waals surface area contributed by atoms with Crippen LogP contribution < -0.4 is 14.8 Å². The van der Waals surface area contributed by atoms with Gasteiger partial charge in [-0.25, -0.2) is 0 Å². The summed E-state index contributed by atoms with van der Waals surface area (Å²) < 4.78 is 13.6. The Bertz CT molecular complexity index is 2860. The highest BCUT2D eigenvalue weighted by Crippen LogP contribution is 2.55. The Balaban J connectivity index is 1.07. The van der Waals surface area contributed by atoms with Gasteiger partial charge in [0.15, 0.2) is 0 Å². The monoisotopic (exact) mass is 745 g/mol. The van der Waals surface area contributed by atoms with Gasteiger partial charge in [-0.2, -0.15) is 0 Å². The van der Waals surface area contributed by atoms with Gasteiger partial charge in [0.2, 0.25) is 0 Å². The predicted octanol–water partition coefficient (Wildman–Crippen LogP) is 15.1. The van der Waals surface area contributed by atoms with Crippen LogP contribution in [0, 0.1) is 0 Å². The van der Waals surface area contributed by atoms with E-state index in [1.807, 2.05) is 30.3 Å². The third kappa shape index (κ3) is 5.49. The molecule has 0 amide bonds. The van der Waals surface area contributed by atoms with Gasteiger partial charge in [0, 0.05) is 67.2 Å². The molecule has 10 rings (SSSR count). The van der Waals surface area contributed by atoms with Crippen LogP contribution in [0.4, 0.5) is 11.4 Å². The lowest BCUT2D eigenvalue weighted by Crippen LogP contribution is -2.24. The number of anilines is 2. The smallest absolute Gasteiger partial charge is 0.137 e. The quantitative estimate of drug-likeness (QED) is 0.184. The number of para-hydroxylation sites is 2. The summed E-state index contributed by atoms with van der Waals surface area (Å²) in [6, 6.07) is 57.2. The highest BCUT2D eigenvalue weighted by Gasteiger charge is 2.38. The first-order valence-corrected chi connectivity index (χ1v) is 19.6. The lowest BCUT2D eigenvalue weighted by molar-refractivity contribution is 0.418. The summed E-state index contributed by atoms with van der Waals surface area (Å²) in [6.07, 6.45) is 0. The minimum absolute atomic E-state index is 0.183. The molecule has 0 radical (unpaired) electrons. The zero-order valence-electron chi connectivity index (χ0n) is 31.8. The average Bonchev–Trinajstić information content (AvgIpc) is 3.44. The maximum Gasteiger partial charge on any atom is 0.137 e. The second kappa shape index (κ2) is 12.9. The third-order valence-corrected chi connectivity index (χ3v) is 12.2. The van der Waals surface area contributed by atoms with Crippen LogP contribution in [0.15, 0.2) is 164 Å². The molecule has 3 nitrogen and oxygen atoms in total. The molecular weight excluding hydrogens is 706 g/mol. The van der Waals surface area contributed by atoms with E-state index in [0.29, 0.717) is 5.02 Å². The molecular formula is C52H40ClNO2. The van der Waals surface area contributed by atoms with Crippen molar-refractivity contribution in [3.8, 4) is 56.4 Å². The summed E-state index contributed by atoms with van der Waals surface area (Å²) in [4.78, 5) is 0. The molecule has 0 unspecified atom stereocenters. The Labute approximate surface area is 333 Å². The fraction of sp³-hybridized carbons (Fsp3) is 0.115. The van der Waals surface area contributed by atoms with Crippen molar-refractivity contribution >= 4 is 33.7 Å². The molecule has 0 bridgehead atoms. The molecule has 0 fully saturated rings. The van der Waals surface area contributed by atoms with Crippen LogP contribution in [0.5, 0.6) is 23.0 Å². The fourth-order valence-electron chi connectivity index (χ4n) is 8.91. The molecule has 1 N–H and O–H groups in total. The molecule has 4 heteroatoms. The SMILES string of the molecule is CC1(C)c2ccccc2Oc2cc(Nc3cc(Oc4ccccc4-c4cc(-c5cccc6ccccc56)ccc4Cl)c4c(c3)C(C)(C)c3ccccc3-4)ccc21. The maximum atomic E-state index is 7.14. The standard InChI is InChI=1S/C52H40ClNO2/c1-51(2)41-20-9-7-18-39(41)50-44(51)29-35(54-34-25-26-43-48(30-34)56-47-23-12-10-21-42(47)52(43,3)4)31-49(50)55-46-22-11-8-17-38(46)40-28-33(24-27-45(40)53)37-19-13-15-32-14-5-6-16-36(32)37/h5-31,54H,1-4H3. The number of nitrogens with one attached hydrogen (secondary N) is 1. The minimum Gasteiger partial charge on any atom is -0.457 e. The lowest BCUT2D eigenvalue weighted by atomic mass is 9.76. The Morgan fingerprint density at radius 2 is 1.16 bits per heavy atom. The molecule has 56 heavy (non-hydrogen) atoms. The Kier molecular flexibility index (Phi) is 7.88. The Morgan fingerprint density at radius 3 is 2.04 bits per heavy atom. The molecule has 8 aromatic rings. The van der Waals surface area contributed by atoms with E-state index in [1.54, 1.807) is 0 Å². The summed E-state index contributed by atoms with van der Waals surface area (Å²) in [5.41, 5.74) is 12.7. The van der Waals surface area contributed by atoms with Crippen molar-refractivity contribution in [2.45, 2.75) is 38.5 Å². The van der Waals surface area contributed by atoms with Crippen molar-refractivity contribution in [1.29, 1.82) is 0 Å². The second-order valence-corrected chi connectivity index (χ2v) is 16.4. The van der Waals surface area contributed by atoms with Gasteiger partial charge in [-0.1, -0.05) is 155 Å². The number of benzene rings is 8. The van der Waals surface area contributed by atoms with Gasteiger partial charge < -0.3 is 14.8 Å². The topological polar surface area (TPSA) is 30.5 Å². The third-order valence-electron chi connectivity index (χ3n) is 11.8. The lowest BCUT2D eigenvalue weighted by Gasteiger charge is -2.34. The summed E-state index contributed by atoms with van der Waals surface area (Å²) in [5.74, 6) is 3.27. The highest BCUT2D eigenvalue weighted by atomic mass is 35.5. The molecule has 0 saturated heterocycles. The maximum absolute atomic E-state index is 7.14. The number of ether oxygens (including phenoxy) is 2. The van der Waals surface area contributed by atoms with Crippen LogP contribution in [0.1, 0.15) is 49.9 Å². The number of halogens is 1. The van der Waals surface area contributed by atoms with Crippen molar-refractivity contribution in [3.05, 3.63) is 191 Å².